The second-order valence-corrected chi connectivity index (χ2v) is 6.57. The molecule has 0 aliphatic rings. The summed E-state index contributed by atoms with van der Waals surface area (Å²) in [5, 5.41) is 2.38. The van der Waals surface area contributed by atoms with E-state index >= 15 is 0 Å². The molecule has 0 bridgehead atoms. The average Bonchev–Trinajstić information content (AvgIpc) is 3.17. The minimum atomic E-state index is 0.0133. The first kappa shape index (κ1) is 15.5. The summed E-state index contributed by atoms with van der Waals surface area (Å²) < 4.78 is 0. The highest BCUT2D eigenvalue weighted by Gasteiger charge is 2.12. The molecule has 4 aromatic carbocycles. The molecular weight excluding hydrogens is 332 g/mol. The van der Waals surface area contributed by atoms with Gasteiger partial charge >= 0.3 is 0 Å². The third-order valence-electron chi connectivity index (χ3n) is 4.80. The van der Waals surface area contributed by atoms with E-state index in [0.717, 1.165) is 22.4 Å². The number of benzene rings is 4. The zero-order chi connectivity index (χ0) is 18.2. The molecule has 1 N–H and O–H groups in total. The predicted molar refractivity (Wildman–Crippen MR) is 109 cm³/mol. The van der Waals surface area contributed by atoms with Crippen molar-refractivity contribution >= 4 is 27.6 Å². The molecule has 0 unspecified atom stereocenters. The van der Waals surface area contributed by atoms with Gasteiger partial charge in [0.25, 0.3) is 0 Å². The maximum absolute atomic E-state index is 12.7. The van der Waals surface area contributed by atoms with Crippen molar-refractivity contribution in [2.24, 2.45) is 0 Å². The first-order valence-electron chi connectivity index (χ1n) is 8.87. The van der Waals surface area contributed by atoms with Gasteiger partial charge in [0.05, 0.1) is 11.0 Å². The Morgan fingerprint density at radius 1 is 0.704 bits per heavy atom. The molecule has 3 nitrogen and oxygen atoms in total. The lowest BCUT2D eigenvalue weighted by Gasteiger charge is -2.01. The molecule has 0 aliphatic heterocycles. The summed E-state index contributed by atoms with van der Waals surface area (Å²) in [4.78, 5) is 20.7. The molecule has 27 heavy (non-hydrogen) atoms. The van der Waals surface area contributed by atoms with Crippen LogP contribution in [0.25, 0.3) is 33.2 Å². The summed E-state index contributed by atoms with van der Waals surface area (Å²) in [6, 6.07) is 29.5. The number of nitrogens with zero attached hydrogens (tertiary/aromatic N) is 1. The summed E-state index contributed by atoms with van der Waals surface area (Å²) in [5.74, 6) is 0.819. The van der Waals surface area contributed by atoms with E-state index in [1.54, 1.807) is 0 Å². The number of imidazole rings is 1. The second kappa shape index (κ2) is 6.22. The Morgan fingerprint density at radius 2 is 1.48 bits per heavy atom. The van der Waals surface area contributed by atoms with Crippen molar-refractivity contribution in [2.75, 3.05) is 0 Å². The summed E-state index contributed by atoms with van der Waals surface area (Å²) in [5.41, 5.74) is 4.08. The van der Waals surface area contributed by atoms with E-state index in [2.05, 4.69) is 35.3 Å². The fourth-order valence-electron chi connectivity index (χ4n) is 3.38. The Bertz CT molecular complexity index is 1290. The number of nitrogens with one attached hydrogen (secondary N) is 1. The number of aromatic nitrogens is 2. The van der Waals surface area contributed by atoms with Gasteiger partial charge in [-0.05, 0) is 35.0 Å². The molecule has 3 heteroatoms. The van der Waals surface area contributed by atoms with Crippen LogP contribution in [-0.2, 0) is 0 Å². The number of H-pyrrole nitrogens is 1. The number of hydrogen-bond acceptors (Lipinski definition) is 2. The van der Waals surface area contributed by atoms with Crippen LogP contribution in [0.5, 0.6) is 0 Å². The third-order valence-corrected chi connectivity index (χ3v) is 4.80. The van der Waals surface area contributed by atoms with Crippen molar-refractivity contribution < 1.29 is 4.79 Å². The highest BCUT2D eigenvalue weighted by atomic mass is 16.1. The van der Waals surface area contributed by atoms with Gasteiger partial charge in [-0.2, -0.15) is 0 Å². The van der Waals surface area contributed by atoms with Gasteiger partial charge < -0.3 is 4.98 Å². The Labute approximate surface area is 156 Å². The molecule has 128 valence electrons. The van der Waals surface area contributed by atoms with E-state index < -0.39 is 0 Å². The van der Waals surface area contributed by atoms with Gasteiger partial charge in [-0.15, -0.1) is 0 Å². The van der Waals surface area contributed by atoms with Gasteiger partial charge in [0.15, 0.2) is 5.78 Å². The van der Waals surface area contributed by atoms with E-state index in [0.29, 0.717) is 11.1 Å². The first-order chi connectivity index (χ1) is 13.3. The van der Waals surface area contributed by atoms with E-state index in [9.17, 15) is 4.79 Å². The minimum absolute atomic E-state index is 0.0133. The Kier molecular flexibility index (Phi) is 3.58. The number of carbonyl (C=O) groups is 1. The van der Waals surface area contributed by atoms with Crippen LogP contribution in [0.15, 0.2) is 91.0 Å². The minimum Gasteiger partial charge on any atom is -0.338 e. The highest BCUT2D eigenvalue weighted by molar-refractivity contribution is 6.10. The molecule has 0 saturated carbocycles. The zero-order valence-electron chi connectivity index (χ0n) is 14.5. The van der Waals surface area contributed by atoms with Crippen LogP contribution in [0.1, 0.15) is 15.9 Å². The number of ketones is 1. The van der Waals surface area contributed by atoms with E-state index in [4.69, 9.17) is 4.98 Å². The van der Waals surface area contributed by atoms with Crippen molar-refractivity contribution in [3.8, 4) is 11.4 Å². The van der Waals surface area contributed by atoms with Crippen LogP contribution in [0.3, 0.4) is 0 Å². The van der Waals surface area contributed by atoms with Gasteiger partial charge in [-0.25, -0.2) is 4.98 Å². The third kappa shape index (κ3) is 2.79. The number of fused-ring (bicyclic) bond motifs is 2. The van der Waals surface area contributed by atoms with Crippen LogP contribution in [0.2, 0.25) is 0 Å². The molecule has 1 heterocycles. The average molecular weight is 348 g/mol. The van der Waals surface area contributed by atoms with Crippen LogP contribution < -0.4 is 0 Å². The molecule has 0 amide bonds. The molecule has 0 saturated heterocycles. The molecule has 5 aromatic rings. The largest absolute Gasteiger partial charge is 0.338 e. The van der Waals surface area contributed by atoms with Gasteiger partial charge in [0.1, 0.15) is 5.82 Å². The maximum atomic E-state index is 12.7. The SMILES string of the molecule is O=C(c1ccccc1)c1ccc2nc(-c3ccc4ccccc4c3)[nH]c2c1. The second-order valence-electron chi connectivity index (χ2n) is 6.57. The Balaban J connectivity index is 1.56. The molecule has 1 aromatic heterocycles. The van der Waals surface area contributed by atoms with E-state index in [1.807, 2.05) is 60.7 Å². The molecule has 0 spiro atoms. The van der Waals surface area contributed by atoms with Gasteiger partial charge in [0.2, 0.25) is 0 Å². The summed E-state index contributed by atoms with van der Waals surface area (Å²) in [6.45, 7) is 0. The van der Waals surface area contributed by atoms with Crippen LogP contribution >= 0.6 is 0 Å². The number of aromatic amines is 1. The van der Waals surface area contributed by atoms with E-state index in [1.165, 1.54) is 10.8 Å². The molecule has 0 aliphatic carbocycles. The van der Waals surface area contributed by atoms with E-state index in [-0.39, 0.29) is 5.78 Å². The molecule has 0 atom stereocenters. The number of rotatable bonds is 3. The van der Waals surface area contributed by atoms with Gasteiger partial charge in [-0.3, -0.25) is 4.79 Å². The summed E-state index contributed by atoms with van der Waals surface area (Å²) >= 11 is 0. The van der Waals surface area contributed by atoms with Gasteiger partial charge in [0, 0.05) is 16.7 Å². The smallest absolute Gasteiger partial charge is 0.193 e. The summed E-state index contributed by atoms with van der Waals surface area (Å²) in [7, 11) is 0. The lowest BCUT2D eigenvalue weighted by Crippen LogP contribution is -2.00. The molecule has 0 fully saturated rings. The maximum Gasteiger partial charge on any atom is 0.193 e. The highest BCUT2D eigenvalue weighted by Crippen LogP contribution is 2.25. The summed E-state index contributed by atoms with van der Waals surface area (Å²) in [6.07, 6.45) is 0. The number of hydrogen-bond donors (Lipinski definition) is 1. The van der Waals surface area contributed by atoms with Crippen molar-refractivity contribution in [2.45, 2.75) is 0 Å². The normalized spacial score (nSPS) is 11.1. The van der Waals surface area contributed by atoms with Crippen molar-refractivity contribution in [1.82, 2.24) is 9.97 Å². The zero-order valence-corrected chi connectivity index (χ0v) is 14.5. The molecule has 0 radical (unpaired) electrons. The van der Waals surface area contributed by atoms with Crippen molar-refractivity contribution in [3.63, 3.8) is 0 Å². The molecule has 5 rings (SSSR count). The number of carbonyl (C=O) groups excluding carboxylic acids is 1. The Hall–Kier alpha value is -3.72. The fraction of sp³-hybridized carbons (Fsp3) is 0. The fourth-order valence-corrected chi connectivity index (χ4v) is 3.38. The van der Waals surface area contributed by atoms with Crippen LogP contribution in [-0.4, -0.2) is 15.8 Å². The van der Waals surface area contributed by atoms with Crippen molar-refractivity contribution in [3.05, 3.63) is 102 Å². The Morgan fingerprint density at radius 3 is 2.33 bits per heavy atom. The quantitative estimate of drug-likeness (QED) is 0.431. The standard InChI is InChI=1S/C24H16N2O/c27-23(17-7-2-1-3-8-17)19-12-13-21-22(15-19)26-24(25-21)20-11-10-16-6-4-5-9-18(16)14-20/h1-15H,(H,25,26). The van der Waals surface area contributed by atoms with Crippen LogP contribution in [0.4, 0.5) is 0 Å². The lowest BCUT2D eigenvalue weighted by atomic mass is 10.0. The molecular formula is C24H16N2O. The monoisotopic (exact) mass is 348 g/mol. The lowest BCUT2D eigenvalue weighted by molar-refractivity contribution is 0.103. The topological polar surface area (TPSA) is 45.8 Å². The van der Waals surface area contributed by atoms with Crippen LogP contribution in [0, 0.1) is 0 Å². The van der Waals surface area contributed by atoms with Gasteiger partial charge in [-0.1, -0.05) is 66.7 Å². The first-order valence-corrected chi connectivity index (χ1v) is 8.87. The predicted octanol–water partition coefficient (Wildman–Crippen LogP) is 5.61. The van der Waals surface area contributed by atoms with Crippen molar-refractivity contribution in [1.29, 1.82) is 0 Å².